The summed E-state index contributed by atoms with van der Waals surface area (Å²) >= 11 is 0. The van der Waals surface area contributed by atoms with E-state index in [0.717, 1.165) is 83.5 Å². The molecule has 1 unspecified atom stereocenters. The molecule has 0 saturated heterocycles. The summed E-state index contributed by atoms with van der Waals surface area (Å²) in [5.74, 6) is -0.845. The van der Waals surface area contributed by atoms with Gasteiger partial charge in [0.1, 0.15) is 13.2 Å². The molecule has 0 amide bonds. The monoisotopic (exact) mass is 1150 g/mol. The maximum absolute atomic E-state index is 12.9. The molecule has 82 heavy (non-hydrogen) atoms. The first-order valence-corrected chi connectivity index (χ1v) is 36.3. The summed E-state index contributed by atoms with van der Waals surface area (Å²) in [7, 11) is 0. The standard InChI is InChI=1S/C76H138O6/c1-4-7-10-13-16-19-22-25-28-30-31-32-33-34-35-36-37-38-39-40-41-42-43-44-45-47-48-51-54-57-60-63-66-69-75(78)81-72-73(71-80-74(77)68-65-62-59-56-53-50-27-24-21-18-15-12-9-6-3)82-76(79)70-67-64-61-58-55-52-49-46-29-26-23-20-17-14-11-8-5-2/h7,10,16,19,25-26,28-29,31-32,73H,4-6,8-9,11-15,17-18,20-24,27,30,33-72H2,1-3H3/b10-7-,19-16-,28-25-,29-26-,32-31-. The molecule has 0 aliphatic rings. The average Bonchev–Trinajstić information content (AvgIpc) is 3.47. The van der Waals surface area contributed by atoms with Gasteiger partial charge in [-0.05, 0) is 83.5 Å². The molecule has 0 heterocycles. The van der Waals surface area contributed by atoms with E-state index in [1.807, 2.05) is 0 Å². The van der Waals surface area contributed by atoms with Gasteiger partial charge in [-0.1, -0.05) is 345 Å². The van der Waals surface area contributed by atoms with Crippen molar-refractivity contribution in [1.82, 2.24) is 0 Å². The van der Waals surface area contributed by atoms with Crippen molar-refractivity contribution < 1.29 is 28.6 Å². The largest absolute Gasteiger partial charge is 0.462 e. The molecular weight excluding hydrogens is 1010 g/mol. The van der Waals surface area contributed by atoms with Crippen LogP contribution in [-0.4, -0.2) is 37.2 Å². The number of hydrogen-bond donors (Lipinski definition) is 0. The number of allylic oxidation sites excluding steroid dienone is 10. The highest BCUT2D eigenvalue weighted by Gasteiger charge is 2.19. The van der Waals surface area contributed by atoms with E-state index >= 15 is 0 Å². The Morgan fingerprint density at radius 3 is 0.756 bits per heavy atom. The Bertz CT molecular complexity index is 1460. The van der Waals surface area contributed by atoms with Crippen LogP contribution in [0, 0.1) is 0 Å². The zero-order chi connectivity index (χ0) is 59.2. The maximum Gasteiger partial charge on any atom is 0.306 e. The van der Waals surface area contributed by atoms with E-state index in [-0.39, 0.29) is 31.1 Å². The molecule has 0 fully saturated rings. The summed E-state index contributed by atoms with van der Waals surface area (Å²) in [6, 6.07) is 0. The molecule has 478 valence electrons. The van der Waals surface area contributed by atoms with Gasteiger partial charge in [-0.3, -0.25) is 14.4 Å². The summed E-state index contributed by atoms with van der Waals surface area (Å²) in [5, 5.41) is 0. The summed E-state index contributed by atoms with van der Waals surface area (Å²) in [6.07, 6.45) is 91.2. The number of esters is 3. The van der Waals surface area contributed by atoms with Gasteiger partial charge in [-0.25, -0.2) is 0 Å². The quantitative estimate of drug-likeness (QED) is 0.0261. The molecular formula is C76H138O6. The van der Waals surface area contributed by atoms with Crippen molar-refractivity contribution in [2.45, 2.75) is 393 Å². The highest BCUT2D eigenvalue weighted by molar-refractivity contribution is 5.71. The van der Waals surface area contributed by atoms with Crippen LogP contribution in [0.1, 0.15) is 387 Å². The van der Waals surface area contributed by atoms with Crippen molar-refractivity contribution in [3.8, 4) is 0 Å². The van der Waals surface area contributed by atoms with E-state index in [4.69, 9.17) is 14.2 Å². The van der Waals surface area contributed by atoms with Crippen molar-refractivity contribution >= 4 is 17.9 Å². The topological polar surface area (TPSA) is 78.9 Å². The summed E-state index contributed by atoms with van der Waals surface area (Å²) in [5.41, 5.74) is 0. The second-order valence-electron chi connectivity index (χ2n) is 24.5. The Morgan fingerprint density at radius 1 is 0.256 bits per heavy atom. The van der Waals surface area contributed by atoms with Gasteiger partial charge >= 0.3 is 17.9 Å². The zero-order valence-electron chi connectivity index (χ0n) is 55.0. The molecule has 0 spiro atoms. The molecule has 0 aromatic rings. The van der Waals surface area contributed by atoms with Gasteiger partial charge in [0.2, 0.25) is 0 Å². The molecule has 0 N–H and O–H groups in total. The number of rotatable bonds is 67. The predicted octanol–water partition coefficient (Wildman–Crippen LogP) is 25.1. The third kappa shape index (κ3) is 67.9. The SMILES string of the molecule is CC/C=C\C/C=C\C/C=C\C/C=C\CCCCCCCCCCCCCCCCCCCCCCC(=O)OCC(COC(=O)CCCCCCCCCCCCCCCC)OC(=O)CCCCCCCCC/C=C\CCCCCCCC. The first-order chi connectivity index (χ1) is 40.5. The van der Waals surface area contributed by atoms with Gasteiger partial charge < -0.3 is 14.2 Å². The van der Waals surface area contributed by atoms with E-state index in [2.05, 4.69) is 81.5 Å². The first-order valence-electron chi connectivity index (χ1n) is 36.3. The van der Waals surface area contributed by atoms with Gasteiger partial charge in [-0.15, -0.1) is 0 Å². The Labute approximate surface area is 510 Å². The van der Waals surface area contributed by atoms with Crippen LogP contribution < -0.4 is 0 Å². The molecule has 0 aromatic carbocycles. The van der Waals surface area contributed by atoms with Gasteiger partial charge in [0.05, 0.1) is 0 Å². The average molecular weight is 1150 g/mol. The summed E-state index contributed by atoms with van der Waals surface area (Å²) in [4.78, 5) is 38.4. The Balaban J connectivity index is 4.14. The molecule has 0 aliphatic heterocycles. The van der Waals surface area contributed by atoms with Gasteiger partial charge in [-0.2, -0.15) is 0 Å². The lowest BCUT2D eigenvalue weighted by atomic mass is 10.0. The zero-order valence-corrected chi connectivity index (χ0v) is 55.0. The van der Waals surface area contributed by atoms with Crippen LogP contribution in [-0.2, 0) is 28.6 Å². The highest BCUT2D eigenvalue weighted by Crippen LogP contribution is 2.18. The third-order valence-corrected chi connectivity index (χ3v) is 16.3. The maximum atomic E-state index is 12.9. The molecule has 0 aromatic heterocycles. The van der Waals surface area contributed by atoms with Crippen molar-refractivity contribution in [1.29, 1.82) is 0 Å². The van der Waals surface area contributed by atoms with E-state index < -0.39 is 6.10 Å². The first kappa shape index (κ1) is 79.1. The molecule has 0 radical (unpaired) electrons. The molecule has 0 aliphatic carbocycles. The van der Waals surface area contributed by atoms with Gasteiger partial charge in [0, 0.05) is 19.3 Å². The second-order valence-corrected chi connectivity index (χ2v) is 24.5. The minimum atomic E-state index is -0.773. The van der Waals surface area contributed by atoms with Crippen LogP contribution in [0.4, 0.5) is 0 Å². The lowest BCUT2D eigenvalue weighted by molar-refractivity contribution is -0.167. The summed E-state index contributed by atoms with van der Waals surface area (Å²) in [6.45, 7) is 6.58. The lowest BCUT2D eigenvalue weighted by Gasteiger charge is -2.18. The van der Waals surface area contributed by atoms with Crippen LogP contribution >= 0.6 is 0 Å². The Kier molecular flexibility index (Phi) is 68.1. The number of carbonyl (C=O) groups is 3. The third-order valence-electron chi connectivity index (χ3n) is 16.3. The van der Waals surface area contributed by atoms with Crippen LogP contribution in [0.2, 0.25) is 0 Å². The van der Waals surface area contributed by atoms with Crippen LogP contribution in [0.3, 0.4) is 0 Å². The highest BCUT2D eigenvalue weighted by atomic mass is 16.6. The molecule has 1 atom stereocenters. The number of hydrogen-bond acceptors (Lipinski definition) is 6. The Morgan fingerprint density at radius 2 is 0.476 bits per heavy atom. The van der Waals surface area contributed by atoms with Gasteiger partial charge in [0.15, 0.2) is 6.10 Å². The second kappa shape index (κ2) is 70.6. The van der Waals surface area contributed by atoms with Crippen molar-refractivity contribution in [2.24, 2.45) is 0 Å². The van der Waals surface area contributed by atoms with Crippen molar-refractivity contribution in [2.75, 3.05) is 13.2 Å². The molecule has 0 rings (SSSR count). The van der Waals surface area contributed by atoms with Crippen LogP contribution in [0.25, 0.3) is 0 Å². The fourth-order valence-electron chi connectivity index (χ4n) is 10.8. The van der Waals surface area contributed by atoms with Crippen molar-refractivity contribution in [3.63, 3.8) is 0 Å². The van der Waals surface area contributed by atoms with Gasteiger partial charge in [0.25, 0.3) is 0 Å². The van der Waals surface area contributed by atoms with Crippen LogP contribution in [0.15, 0.2) is 60.8 Å². The number of carbonyl (C=O) groups excluding carboxylic acids is 3. The van der Waals surface area contributed by atoms with E-state index in [0.29, 0.717) is 19.3 Å². The van der Waals surface area contributed by atoms with Crippen molar-refractivity contribution in [3.05, 3.63) is 60.8 Å². The fourth-order valence-corrected chi connectivity index (χ4v) is 10.8. The Hall–Kier alpha value is -2.89. The number of ether oxygens (including phenoxy) is 3. The fraction of sp³-hybridized carbons (Fsp3) is 0.829. The van der Waals surface area contributed by atoms with E-state index in [1.165, 1.54) is 263 Å². The summed E-state index contributed by atoms with van der Waals surface area (Å²) < 4.78 is 17.0. The normalized spacial score (nSPS) is 12.4. The minimum Gasteiger partial charge on any atom is -0.462 e. The van der Waals surface area contributed by atoms with Crippen LogP contribution in [0.5, 0.6) is 0 Å². The lowest BCUT2D eigenvalue weighted by Crippen LogP contribution is -2.30. The van der Waals surface area contributed by atoms with E-state index in [9.17, 15) is 14.4 Å². The molecule has 6 nitrogen and oxygen atoms in total. The smallest absolute Gasteiger partial charge is 0.306 e. The van der Waals surface area contributed by atoms with E-state index in [1.54, 1.807) is 0 Å². The number of unbranched alkanes of at least 4 members (excludes halogenated alkanes) is 46. The minimum absolute atomic E-state index is 0.0689. The molecule has 0 bridgehead atoms. The molecule has 0 saturated carbocycles. The molecule has 6 heteroatoms. The predicted molar refractivity (Wildman–Crippen MR) is 358 cm³/mol.